The van der Waals surface area contributed by atoms with E-state index in [1.807, 2.05) is 12.4 Å². The van der Waals surface area contributed by atoms with Crippen LogP contribution in [0.1, 0.15) is 44.7 Å². The summed E-state index contributed by atoms with van der Waals surface area (Å²) in [5.41, 5.74) is 2.48. The maximum atomic E-state index is 4.23. The van der Waals surface area contributed by atoms with Gasteiger partial charge < -0.3 is 5.32 Å². The average molecular weight is 297 g/mol. The van der Waals surface area contributed by atoms with Crippen molar-refractivity contribution in [2.24, 2.45) is 0 Å². The molecule has 1 aromatic heterocycles. The first kappa shape index (κ1) is 14.4. The second-order valence-corrected chi connectivity index (χ2v) is 5.35. The Bertz CT molecular complexity index is 363. The molecule has 0 aliphatic carbocycles. The Morgan fingerprint density at radius 2 is 2.29 bits per heavy atom. The Kier molecular flexibility index (Phi) is 6.45. The first-order valence-electron chi connectivity index (χ1n) is 6.11. The van der Waals surface area contributed by atoms with Gasteiger partial charge in [-0.25, -0.2) is 0 Å². The van der Waals surface area contributed by atoms with Gasteiger partial charge in [0.25, 0.3) is 0 Å². The molecule has 1 rings (SSSR count). The number of nitrogens with one attached hydrogen (secondary N) is 1. The van der Waals surface area contributed by atoms with Crippen LogP contribution in [0.5, 0.6) is 0 Å². The van der Waals surface area contributed by atoms with Crippen molar-refractivity contribution < 1.29 is 0 Å². The third-order valence-corrected chi connectivity index (χ3v) is 3.06. The summed E-state index contributed by atoms with van der Waals surface area (Å²) in [7, 11) is 0. The summed E-state index contributed by atoms with van der Waals surface area (Å²) in [6, 6.07) is 2.51. The zero-order chi connectivity index (χ0) is 12.7. The lowest BCUT2D eigenvalue weighted by Crippen LogP contribution is -2.22. The highest BCUT2D eigenvalue weighted by atomic mass is 79.9. The summed E-state index contributed by atoms with van der Waals surface area (Å²) >= 11 is 3.47. The largest absolute Gasteiger partial charge is 0.310 e. The molecule has 2 nitrogen and oxygen atoms in total. The fourth-order valence-corrected chi connectivity index (χ4v) is 2.10. The minimum atomic E-state index is 0.372. The summed E-state index contributed by atoms with van der Waals surface area (Å²) in [4.78, 5) is 4.23. The second-order valence-electron chi connectivity index (χ2n) is 4.44. The van der Waals surface area contributed by atoms with Crippen molar-refractivity contribution >= 4 is 15.9 Å². The maximum Gasteiger partial charge on any atom is 0.0410 e. The van der Waals surface area contributed by atoms with Crippen LogP contribution in [0.4, 0.5) is 0 Å². The standard InChI is InChI=1S/C14H21BrN2/c1-4-7-17-14(6-5-11(2)3)12-8-13(15)10-16-9-12/h8-10,14,17H,2,4-7H2,1,3H3. The molecule has 1 aromatic rings. The number of rotatable bonds is 7. The van der Waals surface area contributed by atoms with Crippen LogP contribution in [0, 0.1) is 0 Å². The van der Waals surface area contributed by atoms with E-state index in [4.69, 9.17) is 0 Å². The van der Waals surface area contributed by atoms with E-state index in [2.05, 4.69) is 52.7 Å². The number of pyridine rings is 1. The van der Waals surface area contributed by atoms with Crippen molar-refractivity contribution in [1.82, 2.24) is 10.3 Å². The van der Waals surface area contributed by atoms with Crippen LogP contribution in [-0.4, -0.2) is 11.5 Å². The zero-order valence-corrected chi connectivity index (χ0v) is 12.3. The molecule has 1 N–H and O–H groups in total. The number of halogens is 1. The fourth-order valence-electron chi connectivity index (χ4n) is 1.71. The average Bonchev–Trinajstić information content (AvgIpc) is 2.29. The molecule has 0 saturated heterocycles. The zero-order valence-electron chi connectivity index (χ0n) is 10.7. The summed E-state index contributed by atoms with van der Waals surface area (Å²) in [6.45, 7) is 9.26. The summed E-state index contributed by atoms with van der Waals surface area (Å²) in [5, 5.41) is 3.57. The van der Waals surface area contributed by atoms with E-state index in [-0.39, 0.29) is 0 Å². The minimum absolute atomic E-state index is 0.372. The maximum absolute atomic E-state index is 4.23. The molecule has 3 heteroatoms. The lowest BCUT2D eigenvalue weighted by Gasteiger charge is -2.19. The van der Waals surface area contributed by atoms with E-state index in [1.54, 1.807) is 0 Å². The van der Waals surface area contributed by atoms with Crippen molar-refractivity contribution in [3.63, 3.8) is 0 Å². The molecule has 17 heavy (non-hydrogen) atoms. The molecule has 1 atom stereocenters. The Labute approximate surface area is 113 Å². The summed E-state index contributed by atoms with van der Waals surface area (Å²) < 4.78 is 1.04. The lowest BCUT2D eigenvalue weighted by atomic mass is 10.0. The topological polar surface area (TPSA) is 24.9 Å². The molecule has 0 radical (unpaired) electrons. The first-order valence-corrected chi connectivity index (χ1v) is 6.91. The van der Waals surface area contributed by atoms with Crippen LogP contribution >= 0.6 is 15.9 Å². The Morgan fingerprint density at radius 1 is 1.53 bits per heavy atom. The predicted octanol–water partition coefficient (Wildman–Crippen LogP) is 4.24. The van der Waals surface area contributed by atoms with Crippen molar-refractivity contribution in [3.05, 3.63) is 40.6 Å². The van der Waals surface area contributed by atoms with E-state index in [1.165, 1.54) is 11.1 Å². The van der Waals surface area contributed by atoms with E-state index in [9.17, 15) is 0 Å². The Morgan fingerprint density at radius 3 is 2.88 bits per heavy atom. The van der Waals surface area contributed by atoms with Crippen LogP contribution in [0.25, 0.3) is 0 Å². The molecule has 0 aliphatic rings. The molecule has 0 saturated carbocycles. The molecule has 94 valence electrons. The van der Waals surface area contributed by atoms with Gasteiger partial charge in [-0.15, -0.1) is 6.58 Å². The number of hydrogen-bond donors (Lipinski definition) is 1. The van der Waals surface area contributed by atoms with Crippen LogP contribution in [0.15, 0.2) is 35.1 Å². The Balaban J connectivity index is 2.70. The van der Waals surface area contributed by atoms with Gasteiger partial charge in [-0.2, -0.15) is 0 Å². The van der Waals surface area contributed by atoms with Crippen LogP contribution in [0.3, 0.4) is 0 Å². The van der Waals surface area contributed by atoms with Gasteiger partial charge in [0, 0.05) is 22.9 Å². The molecule has 1 heterocycles. The smallest absolute Gasteiger partial charge is 0.0410 e. The summed E-state index contributed by atoms with van der Waals surface area (Å²) in [6.07, 6.45) is 7.03. The highest BCUT2D eigenvalue weighted by molar-refractivity contribution is 9.10. The molecule has 1 unspecified atom stereocenters. The molecule has 0 spiro atoms. The van der Waals surface area contributed by atoms with Gasteiger partial charge in [0.2, 0.25) is 0 Å². The normalized spacial score (nSPS) is 12.4. The number of hydrogen-bond acceptors (Lipinski definition) is 2. The van der Waals surface area contributed by atoms with E-state index in [0.717, 1.165) is 30.3 Å². The molecule has 0 aromatic carbocycles. The van der Waals surface area contributed by atoms with E-state index >= 15 is 0 Å². The van der Waals surface area contributed by atoms with Crippen molar-refractivity contribution in [1.29, 1.82) is 0 Å². The monoisotopic (exact) mass is 296 g/mol. The molecular formula is C14H21BrN2. The van der Waals surface area contributed by atoms with Gasteiger partial charge in [0.15, 0.2) is 0 Å². The summed E-state index contributed by atoms with van der Waals surface area (Å²) in [5.74, 6) is 0. The van der Waals surface area contributed by atoms with Gasteiger partial charge in [-0.3, -0.25) is 4.98 Å². The number of allylic oxidation sites excluding steroid dienone is 1. The van der Waals surface area contributed by atoms with Crippen LogP contribution in [-0.2, 0) is 0 Å². The highest BCUT2D eigenvalue weighted by Gasteiger charge is 2.11. The van der Waals surface area contributed by atoms with E-state index < -0.39 is 0 Å². The van der Waals surface area contributed by atoms with Gasteiger partial charge in [0.1, 0.15) is 0 Å². The van der Waals surface area contributed by atoms with Crippen molar-refractivity contribution in [2.45, 2.75) is 39.2 Å². The fraction of sp³-hybridized carbons (Fsp3) is 0.500. The molecule has 0 bridgehead atoms. The van der Waals surface area contributed by atoms with Crippen LogP contribution in [0.2, 0.25) is 0 Å². The predicted molar refractivity (Wildman–Crippen MR) is 77.0 cm³/mol. The third kappa shape index (κ3) is 5.46. The van der Waals surface area contributed by atoms with Gasteiger partial charge in [0.05, 0.1) is 0 Å². The second kappa shape index (κ2) is 7.62. The molecular weight excluding hydrogens is 276 g/mol. The minimum Gasteiger partial charge on any atom is -0.310 e. The highest BCUT2D eigenvalue weighted by Crippen LogP contribution is 2.22. The van der Waals surface area contributed by atoms with Crippen molar-refractivity contribution in [2.75, 3.05) is 6.54 Å². The molecule has 0 aliphatic heterocycles. The first-order chi connectivity index (χ1) is 8.13. The number of aromatic nitrogens is 1. The lowest BCUT2D eigenvalue weighted by molar-refractivity contribution is 0.497. The van der Waals surface area contributed by atoms with Gasteiger partial charge in [-0.1, -0.05) is 12.5 Å². The van der Waals surface area contributed by atoms with Crippen LogP contribution < -0.4 is 5.32 Å². The SMILES string of the molecule is C=C(C)CCC(NCCC)c1cncc(Br)c1. The van der Waals surface area contributed by atoms with Gasteiger partial charge in [-0.05, 0) is 60.3 Å². The van der Waals surface area contributed by atoms with Crippen molar-refractivity contribution in [3.8, 4) is 0 Å². The third-order valence-electron chi connectivity index (χ3n) is 2.63. The van der Waals surface area contributed by atoms with E-state index in [0.29, 0.717) is 6.04 Å². The Hall–Kier alpha value is -0.670. The van der Waals surface area contributed by atoms with Gasteiger partial charge >= 0.3 is 0 Å². The number of nitrogens with zero attached hydrogens (tertiary/aromatic N) is 1. The molecule has 0 amide bonds. The molecule has 0 fully saturated rings. The quantitative estimate of drug-likeness (QED) is 0.761.